The monoisotopic (exact) mass is 234 g/mol. The summed E-state index contributed by atoms with van der Waals surface area (Å²) in [7, 11) is 0. The molecule has 1 aromatic rings. The zero-order chi connectivity index (χ0) is 12.1. The standard InChI is InChI=1S/C13H18N2O2/c16-12-6-11(8-14-9-12)13(17)15-7-10-4-2-1-3-5-10/h6,8-10,16H,1-5,7H2,(H,15,17). The Hall–Kier alpha value is -1.58. The van der Waals surface area contributed by atoms with Crippen molar-refractivity contribution in [3.05, 3.63) is 24.0 Å². The minimum absolute atomic E-state index is 0.0234. The Balaban J connectivity index is 1.84. The molecule has 1 fully saturated rings. The van der Waals surface area contributed by atoms with E-state index in [4.69, 9.17) is 0 Å². The quantitative estimate of drug-likeness (QED) is 0.841. The van der Waals surface area contributed by atoms with Gasteiger partial charge in [0.1, 0.15) is 5.75 Å². The maximum absolute atomic E-state index is 11.8. The molecule has 0 aromatic carbocycles. The molecule has 1 aliphatic rings. The summed E-state index contributed by atoms with van der Waals surface area (Å²) < 4.78 is 0. The lowest BCUT2D eigenvalue weighted by Gasteiger charge is -2.21. The number of carbonyl (C=O) groups is 1. The molecule has 0 radical (unpaired) electrons. The number of rotatable bonds is 3. The van der Waals surface area contributed by atoms with Crippen LogP contribution in [-0.4, -0.2) is 22.5 Å². The van der Waals surface area contributed by atoms with Crippen LogP contribution in [0.3, 0.4) is 0 Å². The molecule has 1 heterocycles. The first-order valence-corrected chi connectivity index (χ1v) is 6.18. The Morgan fingerprint density at radius 3 is 2.82 bits per heavy atom. The molecular weight excluding hydrogens is 216 g/mol. The van der Waals surface area contributed by atoms with Gasteiger partial charge in [-0.2, -0.15) is 0 Å². The van der Waals surface area contributed by atoms with E-state index < -0.39 is 0 Å². The van der Waals surface area contributed by atoms with Crippen molar-refractivity contribution in [1.82, 2.24) is 10.3 Å². The first-order valence-electron chi connectivity index (χ1n) is 6.18. The number of nitrogens with zero attached hydrogens (tertiary/aromatic N) is 1. The molecule has 92 valence electrons. The van der Waals surface area contributed by atoms with E-state index in [1.807, 2.05) is 0 Å². The van der Waals surface area contributed by atoms with E-state index in [1.165, 1.54) is 50.6 Å². The maximum atomic E-state index is 11.8. The minimum atomic E-state index is -0.154. The largest absolute Gasteiger partial charge is 0.506 e. The molecule has 0 aliphatic heterocycles. The molecule has 0 saturated heterocycles. The van der Waals surface area contributed by atoms with Crippen molar-refractivity contribution in [3.63, 3.8) is 0 Å². The van der Waals surface area contributed by atoms with Crippen LogP contribution in [0.2, 0.25) is 0 Å². The molecule has 1 aromatic heterocycles. The zero-order valence-electron chi connectivity index (χ0n) is 9.85. The van der Waals surface area contributed by atoms with Crippen LogP contribution in [0.15, 0.2) is 18.5 Å². The number of aromatic nitrogens is 1. The van der Waals surface area contributed by atoms with E-state index in [0.717, 1.165) is 6.54 Å². The molecule has 1 aliphatic carbocycles. The Kier molecular flexibility index (Phi) is 3.96. The van der Waals surface area contributed by atoms with Crippen LogP contribution in [0.4, 0.5) is 0 Å². The van der Waals surface area contributed by atoms with Crippen molar-refractivity contribution >= 4 is 5.91 Å². The van der Waals surface area contributed by atoms with Crippen LogP contribution in [0.1, 0.15) is 42.5 Å². The van der Waals surface area contributed by atoms with Crippen LogP contribution >= 0.6 is 0 Å². The molecule has 0 atom stereocenters. The molecule has 2 rings (SSSR count). The van der Waals surface area contributed by atoms with Gasteiger partial charge in [-0.15, -0.1) is 0 Å². The molecule has 1 amide bonds. The van der Waals surface area contributed by atoms with Gasteiger partial charge < -0.3 is 10.4 Å². The normalized spacial score (nSPS) is 16.7. The van der Waals surface area contributed by atoms with Crippen molar-refractivity contribution in [1.29, 1.82) is 0 Å². The van der Waals surface area contributed by atoms with Crippen LogP contribution in [0.5, 0.6) is 5.75 Å². The van der Waals surface area contributed by atoms with Crippen LogP contribution in [-0.2, 0) is 0 Å². The predicted octanol–water partition coefficient (Wildman–Crippen LogP) is 2.10. The Morgan fingerprint density at radius 1 is 1.35 bits per heavy atom. The van der Waals surface area contributed by atoms with E-state index >= 15 is 0 Å². The first kappa shape index (κ1) is 11.9. The predicted molar refractivity (Wildman–Crippen MR) is 64.8 cm³/mol. The molecule has 0 bridgehead atoms. The maximum Gasteiger partial charge on any atom is 0.252 e. The van der Waals surface area contributed by atoms with Crippen LogP contribution < -0.4 is 5.32 Å². The Labute approximate surface area is 101 Å². The Morgan fingerprint density at radius 2 is 2.12 bits per heavy atom. The summed E-state index contributed by atoms with van der Waals surface area (Å²) in [5.41, 5.74) is 0.417. The third kappa shape index (κ3) is 3.44. The van der Waals surface area contributed by atoms with E-state index in [1.54, 1.807) is 0 Å². The van der Waals surface area contributed by atoms with Crippen molar-refractivity contribution in [2.24, 2.45) is 5.92 Å². The fourth-order valence-electron chi connectivity index (χ4n) is 2.28. The van der Waals surface area contributed by atoms with Crippen molar-refractivity contribution < 1.29 is 9.90 Å². The first-order chi connectivity index (χ1) is 8.25. The molecule has 17 heavy (non-hydrogen) atoms. The van der Waals surface area contributed by atoms with Crippen LogP contribution in [0.25, 0.3) is 0 Å². The zero-order valence-corrected chi connectivity index (χ0v) is 9.85. The summed E-state index contributed by atoms with van der Waals surface area (Å²) in [5, 5.41) is 12.1. The summed E-state index contributed by atoms with van der Waals surface area (Å²) in [4.78, 5) is 15.6. The second-order valence-electron chi connectivity index (χ2n) is 4.65. The highest BCUT2D eigenvalue weighted by Gasteiger charge is 2.15. The van der Waals surface area contributed by atoms with Gasteiger partial charge in [0.15, 0.2) is 0 Å². The summed E-state index contributed by atoms with van der Waals surface area (Å²) in [6, 6.07) is 1.43. The van der Waals surface area contributed by atoms with Crippen molar-refractivity contribution in [2.45, 2.75) is 32.1 Å². The fraction of sp³-hybridized carbons (Fsp3) is 0.538. The average molecular weight is 234 g/mol. The molecule has 4 nitrogen and oxygen atoms in total. The van der Waals surface area contributed by atoms with Gasteiger partial charge in [0.25, 0.3) is 5.91 Å². The van der Waals surface area contributed by atoms with Gasteiger partial charge in [-0.1, -0.05) is 19.3 Å². The van der Waals surface area contributed by atoms with E-state index in [2.05, 4.69) is 10.3 Å². The van der Waals surface area contributed by atoms with Gasteiger partial charge in [-0.3, -0.25) is 9.78 Å². The third-order valence-electron chi connectivity index (χ3n) is 3.26. The summed E-state index contributed by atoms with van der Waals surface area (Å²) in [6.45, 7) is 0.731. The van der Waals surface area contributed by atoms with E-state index in [-0.39, 0.29) is 11.7 Å². The highest BCUT2D eigenvalue weighted by Crippen LogP contribution is 2.22. The Bertz CT molecular complexity index is 387. The molecule has 0 unspecified atom stereocenters. The second-order valence-corrected chi connectivity index (χ2v) is 4.65. The van der Waals surface area contributed by atoms with Crippen molar-refractivity contribution in [3.8, 4) is 5.75 Å². The molecule has 2 N–H and O–H groups in total. The fourth-order valence-corrected chi connectivity index (χ4v) is 2.28. The van der Waals surface area contributed by atoms with Gasteiger partial charge in [0.2, 0.25) is 0 Å². The van der Waals surface area contributed by atoms with Crippen molar-refractivity contribution in [2.75, 3.05) is 6.54 Å². The summed E-state index contributed by atoms with van der Waals surface area (Å²) in [5.74, 6) is 0.479. The molecular formula is C13H18N2O2. The lowest BCUT2D eigenvalue weighted by atomic mass is 9.89. The second kappa shape index (κ2) is 5.66. The molecule has 4 heteroatoms. The molecule has 1 saturated carbocycles. The number of carbonyl (C=O) groups excluding carboxylic acids is 1. The van der Waals surface area contributed by atoms with Gasteiger partial charge in [-0.25, -0.2) is 0 Å². The number of amides is 1. The highest BCUT2D eigenvalue weighted by atomic mass is 16.3. The topological polar surface area (TPSA) is 62.2 Å². The highest BCUT2D eigenvalue weighted by molar-refractivity contribution is 5.94. The number of pyridine rings is 1. The number of nitrogens with one attached hydrogen (secondary N) is 1. The number of aromatic hydroxyl groups is 1. The third-order valence-corrected chi connectivity index (χ3v) is 3.26. The number of hydrogen-bond acceptors (Lipinski definition) is 3. The van der Waals surface area contributed by atoms with Gasteiger partial charge >= 0.3 is 0 Å². The van der Waals surface area contributed by atoms with Crippen LogP contribution in [0, 0.1) is 5.92 Å². The molecule has 0 spiro atoms. The summed E-state index contributed by atoms with van der Waals surface area (Å²) in [6.07, 6.45) is 9.06. The lowest BCUT2D eigenvalue weighted by Crippen LogP contribution is -2.30. The van der Waals surface area contributed by atoms with E-state index in [0.29, 0.717) is 11.5 Å². The van der Waals surface area contributed by atoms with Gasteiger partial charge in [-0.05, 0) is 24.8 Å². The summed E-state index contributed by atoms with van der Waals surface area (Å²) >= 11 is 0. The smallest absolute Gasteiger partial charge is 0.252 e. The number of hydrogen-bond donors (Lipinski definition) is 2. The lowest BCUT2D eigenvalue weighted by molar-refractivity contribution is 0.0943. The van der Waals surface area contributed by atoms with E-state index in [9.17, 15) is 9.90 Å². The SMILES string of the molecule is O=C(NCC1CCCCC1)c1cncc(O)c1. The minimum Gasteiger partial charge on any atom is -0.506 e. The van der Waals surface area contributed by atoms with Gasteiger partial charge in [0, 0.05) is 12.7 Å². The average Bonchev–Trinajstić information content (AvgIpc) is 2.37. The van der Waals surface area contributed by atoms with Gasteiger partial charge in [0.05, 0.1) is 11.8 Å².